The zero-order valence-corrected chi connectivity index (χ0v) is 14.9. The van der Waals surface area contributed by atoms with Crippen molar-refractivity contribution < 1.29 is 14.3 Å². The molecule has 1 saturated heterocycles. The van der Waals surface area contributed by atoms with Crippen LogP contribution in [0.2, 0.25) is 0 Å². The summed E-state index contributed by atoms with van der Waals surface area (Å²) in [5.41, 5.74) is 0.468. The lowest BCUT2D eigenvalue weighted by Crippen LogP contribution is -2.43. The van der Waals surface area contributed by atoms with Gasteiger partial charge in [-0.15, -0.1) is 0 Å². The number of carbonyl (C=O) groups is 1. The first-order valence-corrected chi connectivity index (χ1v) is 8.33. The number of nitrogens with zero attached hydrogens (tertiary/aromatic N) is 2. The number of halogens is 1. The Morgan fingerprint density at radius 1 is 1.36 bits per heavy atom. The van der Waals surface area contributed by atoms with Gasteiger partial charge in [-0.1, -0.05) is 0 Å². The van der Waals surface area contributed by atoms with E-state index in [-0.39, 0.29) is 12.2 Å². The number of likely N-dealkylation sites (tertiary alicyclic amines) is 1. The zero-order valence-electron chi connectivity index (χ0n) is 13.3. The summed E-state index contributed by atoms with van der Waals surface area (Å²) >= 11 is 3.36. The van der Waals surface area contributed by atoms with E-state index >= 15 is 0 Å². The fourth-order valence-corrected chi connectivity index (χ4v) is 2.46. The molecule has 0 bridgehead atoms. The van der Waals surface area contributed by atoms with Crippen molar-refractivity contribution in [2.24, 2.45) is 0 Å². The molecule has 1 aliphatic heterocycles. The average Bonchev–Trinajstić information content (AvgIpc) is 2.45. The number of amides is 1. The lowest BCUT2D eigenvalue weighted by molar-refractivity contribution is -0.0178. The molecule has 1 aromatic rings. The van der Waals surface area contributed by atoms with Gasteiger partial charge in [0.05, 0.1) is 18.4 Å². The maximum atomic E-state index is 12.0. The number of pyridine rings is 1. The Morgan fingerprint density at radius 2 is 2.05 bits per heavy atom. The normalized spacial score (nSPS) is 16.6. The van der Waals surface area contributed by atoms with Crippen LogP contribution in [0.5, 0.6) is 0 Å². The highest BCUT2D eigenvalue weighted by Gasteiger charge is 2.27. The molecule has 122 valence electrons. The van der Waals surface area contributed by atoms with Gasteiger partial charge in [-0.3, -0.25) is 4.98 Å². The van der Waals surface area contributed by atoms with Gasteiger partial charge >= 0.3 is 6.09 Å². The van der Waals surface area contributed by atoms with Gasteiger partial charge in [-0.25, -0.2) is 4.79 Å². The van der Waals surface area contributed by atoms with Gasteiger partial charge in [-0.2, -0.15) is 0 Å². The standard InChI is InChI=1S/C16H23BrN2O3/c1-16(2,3)22-15(20)19-8-6-14(7-9-19)21-11-13-5-4-12(17)10-18-13/h4-5,10,14H,6-9,11H2,1-3H3. The first-order chi connectivity index (χ1) is 10.3. The van der Waals surface area contributed by atoms with E-state index in [1.807, 2.05) is 32.9 Å². The molecule has 0 atom stereocenters. The molecule has 1 fully saturated rings. The van der Waals surface area contributed by atoms with E-state index in [0.29, 0.717) is 19.7 Å². The SMILES string of the molecule is CC(C)(C)OC(=O)N1CCC(OCc2ccc(Br)cn2)CC1. The summed E-state index contributed by atoms with van der Waals surface area (Å²) in [5.74, 6) is 0. The number of piperidine rings is 1. The first-order valence-electron chi connectivity index (χ1n) is 7.53. The minimum atomic E-state index is -0.447. The van der Waals surface area contributed by atoms with E-state index in [2.05, 4.69) is 20.9 Å². The summed E-state index contributed by atoms with van der Waals surface area (Å²) in [6.07, 6.45) is 3.36. The molecule has 2 rings (SSSR count). The number of carbonyl (C=O) groups excluding carboxylic acids is 1. The van der Waals surface area contributed by atoms with Crippen LogP contribution in [0.1, 0.15) is 39.3 Å². The van der Waals surface area contributed by atoms with E-state index in [0.717, 1.165) is 23.0 Å². The molecule has 0 radical (unpaired) electrons. The number of rotatable bonds is 3. The van der Waals surface area contributed by atoms with Crippen molar-refractivity contribution in [1.29, 1.82) is 0 Å². The van der Waals surface area contributed by atoms with E-state index in [4.69, 9.17) is 9.47 Å². The van der Waals surface area contributed by atoms with Crippen LogP contribution in [-0.2, 0) is 16.1 Å². The van der Waals surface area contributed by atoms with Crippen molar-refractivity contribution in [3.63, 3.8) is 0 Å². The summed E-state index contributed by atoms with van der Waals surface area (Å²) < 4.78 is 12.2. The quantitative estimate of drug-likeness (QED) is 0.812. The molecule has 22 heavy (non-hydrogen) atoms. The molecule has 0 saturated carbocycles. The van der Waals surface area contributed by atoms with E-state index in [9.17, 15) is 4.79 Å². The third kappa shape index (κ3) is 5.57. The highest BCUT2D eigenvalue weighted by molar-refractivity contribution is 9.10. The van der Waals surface area contributed by atoms with Crippen molar-refractivity contribution in [2.75, 3.05) is 13.1 Å². The van der Waals surface area contributed by atoms with Crippen LogP contribution in [0.3, 0.4) is 0 Å². The molecule has 6 heteroatoms. The van der Waals surface area contributed by atoms with E-state index in [1.54, 1.807) is 11.1 Å². The number of aromatic nitrogens is 1. The molecular formula is C16H23BrN2O3. The number of hydrogen-bond donors (Lipinski definition) is 0. The fraction of sp³-hybridized carbons (Fsp3) is 0.625. The molecule has 1 amide bonds. The Kier molecular flexibility index (Phi) is 5.81. The average molecular weight is 371 g/mol. The van der Waals surface area contributed by atoms with Crippen molar-refractivity contribution in [3.05, 3.63) is 28.5 Å². The highest BCUT2D eigenvalue weighted by atomic mass is 79.9. The van der Waals surface area contributed by atoms with Gasteiger partial charge in [0, 0.05) is 23.8 Å². The molecule has 2 heterocycles. The minimum Gasteiger partial charge on any atom is -0.444 e. The van der Waals surface area contributed by atoms with Crippen LogP contribution in [-0.4, -0.2) is 40.8 Å². The zero-order chi connectivity index (χ0) is 16.2. The molecule has 1 aliphatic rings. The smallest absolute Gasteiger partial charge is 0.410 e. The minimum absolute atomic E-state index is 0.170. The highest BCUT2D eigenvalue weighted by Crippen LogP contribution is 2.18. The largest absolute Gasteiger partial charge is 0.444 e. The van der Waals surface area contributed by atoms with Crippen LogP contribution in [0.25, 0.3) is 0 Å². The predicted octanol–water partition coefficient (Wildman–Crippen LogP) is 3.76. The van der Waals surface area contributed by atoms with Gasteiger partial charge in [0.15, 0.2) is 0 Å². The van der Waals surface area contributed by atoms with Gasteiger partial charge in [0.1, 0.15) is 5.60 Å². The van der Waals surface area contributed by atoms with Gasteiger partial charge < -0.3 is 14.4 Å². The van der Waals surface area contributed by atoms with Crippen molar-refractivity contribution in [3.8, 4) is 0 Å². The summed E-state index contributed by atoms with van der Waals surface area (Å²) in [4.78, 5) is 18.0. The summed E-state index contributed by atoms with van der Waals surface area (Å²) in [5, 5.41) is 0. The summed E-state index contributed by atoms with van der Waals surface area (Å²) in [6, 6.07) is 3.90. The monoisotopic (exact) mass is 370 g/mol. The fourth-order valence-electron chi connectivity index (χ4n) is 2.23. The Balaban J connectivity index is 1.73. The van der Waals surface area contributed by atoms with E-state index in [1.165, 1.54) is 0 Å². The topological polar surface area (TPSA) is 51.7 Å². The number of hydrogen-bond acceptors (Lipinski definition) is 4. The Labute approximate surface area is 140 Å². The van der Waals surface area contributed by atoms with Crippen molar-refractivity contribution >= 4 is 22.0 Å². The maximum Gasteiger partial charge on any atom is 0.410 e. The van der Waals surface area contributed by atoms with Crippen LogP contribution in [0.15, 0.2) is 22.8 Å². The Hall–Kier alpha value is -1.14. The Bertz CT molecular complexity index is 491. The molecule has 1 aromatic heterocycles. The second kappa shape index (κ2) is 7.42. The van der Waals surface area contributed by atoms with Crippen molar-refractivity contribution in [1.82, 2.24) is 9.88 Å². The van der Waals surface area contributed by atoms with Gasteiger partial charge in [0.2, 0.25) is 0 Å². The summed E-state index contributed by atoms with van der Waals surface area (Å²) in [7, 11) is 0. The predicted molar refractivity (Wildman–Crippen MR) is 87.6 cm³/mol. The lowest BCUT2D eigenvalue weighted by Gasteiger charge is -2.33. The van der Waals surface area contributed by atoms with Crippen LogP contribution in [0, 0.1) is 0 Å². The molecule has 0 unspecified atom stereocenters. The van der Waals surface area contributed by atoms with Crippen LogP contribution < -0.4 is 0 Å². The Morgan fingerprint density at radius 3 is 2.59 bits per heavy atom. The summed E-state index contributed by atoms with van der Waals surface area (Å²) in [6.45, 7) is 7.50. The third-order valence-electron chi connectivity index (χ3n) is 3.35. The molecule has 0 aromatic carbocycles. The second-order valence-electron chi connectivity index (χ2n) is 6.45. The molecule has 0 spiro atoms. The molecular weight excluding hydrogens is 348 g/mol. The van der Waals surface area contributed by atoms with Crippen molar-refractivity contribution in [2.45, 2.75) is 51.9 Å². The molecule has 0 N–H and O–H groups in total. The maximum absolute atomic E-state index is 12.0. The second-order valence-corrected chi connectivity index (χ2v) is 7.36. The van der Waals surface area contributed by atoms with Crippen LogP contribution >= 0.6 is 15.9 Å². The van der Waals surface area contributed by atoms with Gasteiger partial charge in [0.25, 0.3) is 0 Å². The lowest BCUT2D eigenvalue weighted by atomic mass is 10.1. The first kappa shape index (κ1) is 17.2. The van der Waals surface area contributed by atoms with E-state index < -0.39 is 5.60 Å². The van der Waals surface area contributed by atoms with Crippen LogP contribution in [0.4, 0.5) is 4.79 Å². The molecule has 5 nitrogen and oxygen atoms in total. The third-order valence-corrected chi connectivity index (χ3v) is 3.82. The van der Waals surface area contributed by atoms with Gasteiger partial charge in [-0.05, 0) is 61.7 Å². The molecule has 0 aliphatic carbocycles. The number of ether oxygens (including phenoxy) is 2.